The van der Waals surface area contributed by atoms with E-state index in [9.17, 15) is 14.7 Å². The number of aliphatic hydroxyl groups is 1. The molecule has 1 N–H and O–H groups in total. The second kappa shape index (κ2) is 6.57. The van der Waals surface area contributed by atoms with Gasteiger partial charge in [-0.05, 0) is 26.2 Å². The van der Waals surface area contributed by atoms with E-state index in [0.29, 0.717) is 19.5 Å². The largest absolute Gasteiger partial charge is 0.393 e. The van der Waals surface area contributed by atoms with Gasteiger partial charge in [0.15, 0.2) is 0 Å². The van der Waals surface area contributed by atoms with E-state index in [4.69, 9.17) is 0 Å². The zero-order chi connectivity index (χ0) is 15.5. The van der Waals surface area contributed by atoms with Crippen LogP contribution in [0.25, 0.3) is 0 Å². The summed E-state index contributed by atoms with van der Waals surface area (Å²) in [6.07, 6.45) is 1.76. The van der Waals surface area contributed by atoms with Gasteiger partial charge in [-0.15, -0.1) is 0 Å². The fourth-order valence-electron chi connectivity index (χ4n) is 2.44. The Labute approximate surface area is 121 Å². The number of rotatable bonds is 4. The molecule has 0 saturated carbocycles. The summed E-state index contributed by atoms with van der Waals surface area (Å²) in [6.45, 7) is 8.54. The summed E-state index contributed by atoms with van der Waals surface area (Å²) in [4.78, 5) is 28.2. The van der Waals surface area contributed by atoms with Crippen LogP contribution in [-0.2, 0) is 9.59 Å². The van der Waals surface area contributed by atoms with Crippen LogP contribution in [-0.4, -0.2) is 59.0 Å². The molecule has 5 heteroatoms. The highest BCUT2D eigenvalue weighted by Crippen LogP contribution is 2.26. The van der Waals surface area contributed by atoms with E-state index in [1.54, 1.807) is 23.8 Å². The molecule has 0 aromatic carbocycles. The van der Waals surface area contributed by atoms with Gasteiger partial charge in [0.2, 0.25) is 11.8 Å². The Balaban J connectivity index is 2.69. The first-order valence-corrected chi connectivity index (χ1v) is 7.38. The Hall–Kier alpha value is -1.10. The first-order valence-electron chi connectivity index (χ1n) is 7.38. The third-order valence-corrected chi connectivity index (χ3v) is 3.70. The molecular weight excluding hydrogens is 256 g/mol. The Kier molecular flexibility index (Phi) is 5.57. The van der Waals surface area contributed by atoms with Crippen LogP contribution in [0.1, 0.15) is 47.0 Å². The summed E-state index contributed by atoms with van der Waals surface area (Å²) in [7, 11) is 1.74. The van der Waals surface area contributed by atoms with Gasteiger partial charge in [0.25, 0.3) is 0 Å². The number of aliphatic hydroxyl groups excluding tert-OH is 1. The van der Waals surface area contributed by atoms with Crippen LogP contribution >= 0.6 is 0 Å². The minimum absolute atomic E-state index is 0.0132. The zero-order valence-corrected chi connectivity index (χ0v) is 13.3. The molecule has 1 fully saturated rings. The van der Waals surface area contributed by atoms with Crippen molar-refractivity contribution in [3.8, 4) is 0 Å². The summed E-state index contributed by atoms with van der Waals surface area (Å²) in [5.74, 6) is 0.0260. The summed E-state index contributed by atoms with van der Waals surface area (Å²) >= 11 is 0. The number of nitrogens with zero attached hydrogens (tertiary/aromatic N) is 2. The number of carbonyl (C=O) groups is 2. The van der Waals surface area contributed by atoms with Gasteiger partial charge in [-0.1, -0.05) is 20.8 Å². The molecule has 1 rings (SSSR count). The standard InChI is InChI=1S/C15H28N2O3/c1-11(18)8-10-16(5)13(19)12-7-6-9-17(12)14(20)15(2,3)4/h11-12,18H,6-10H2,1-5H3. The van der Waals surface area contributed by atoms with Crippen molar-refractivity contribution in [3.05, 3.63) is 0 Å². The average Bonchev–Trinajstić information content (AvgIpc) is 2.81. The molecule has 0 aromatic rings. The molecule has 2 atom stereocenters. The lowest BCUT2D eigenvalue weighted by Gasteiger charge is -2.32. The van der Waals surface area contributed by atoms with Gasteiger partial charge >= 0.3 is 0 Å². The molecule has 2 unspecified atom stereocenters. The second-order valence-corrected chi connectivity index (χ2v) is 6.80. The molecule has 0 aromatic heterocycles. The quantitative estimate of drug-likeness (QED) is 0.845. The van der Waals surface area contributed by atoms with Crippen LogP contribution in [0.15, 0.2) is 0 Å². The van der Waals surface area contributed by atoms with Crippen molar-refractivity contribution in [1.82, 2.24) is 9.80 Å². The third kappa shape index (κ3) is 4.20. The third-order valence-electron chi connectivity index (χ3n) is 3.70. The molecular formula is C15H28N2O3. The Morgan fingerprint density at radius 2 is 2.00 bits per heavy atom. The van der Waals surface area contributed by atoms with Gasteiger partial charge in [0.05, 0.1) is 6.10 Å². The number of carbonyl (C=O) groups excluding carboxylic acids is 2. The predicted molar refractivity (Wildman–Crippen MR) is 78.1 cm³/mol. The second-order valence-electron chi connectivity index (χ2n) is 6.80. The van der Waals surface area contributed by atoms with Gasteiger partial charge in [-0.2, -0.15) is 0 Å². The van der Waals surface area contributed by atoms with Crippen LogP contribution in [0.5, 0.6) is 0 Å². The normalized spacial score (nSPS) is 20.9. The number of hydrogen-bond donors (Lipinski definition) is 1. The number of hydrogen-bond acceptors (Lipinski definition) is 3. The van der Waals surface area contributed by atoms with Crippen LogP contribution < -0.4 is 0 Å². The average molecular weight is 284 g/mol. The minimum atomic E-state index is -0.457. The summed E-state index contributed by atoms with van der Waals surface area (Å²) in [5, 5.41) is 9.29. The molecule has 0 radical (unpaired) electrons. The maximum atomic E-state index is 12.5. The van der Waals surface area contributed by atoms with Gasteiger partial charge in [-0.25, -0.2) is 0 Å². The van der Waals surface area contributed by atoms with Crippen LogP contribution in [0, 0.1) is 5.41 Å². The number of likely N-dealkylation sites (tertiary alicyclic amines) is 1. The van der Waals surface area contributed by atoms with E-state index in [1.165, 1.54) is 0 Å². The summed E-state index contributed by atoms with van der Waals surface area (Å²) in [6, 6.07) is -0.333. The van der Waals surface area contributed by atoms with Gasteiger partial charge < -0.3 is 14.9 Å². The maximum Gasteiger partial charge on any atom is 0.245 e. The van der Waals surface area contributed by atoms with E-state index >= 15 is 0 Å². The fourth-order valence-corrected chi connectivity index (χ4v) is 2.44. The van der Waals surface area contributed by atoms with Crippen molar-refractivity contribution in [3.63, 3.8) is 0 Å². The van der Waals surface area contributed by atoms with E-state index in [1.807, 2.05) is 20.8 Å². The van der Waals surface area contributed by atoms with E-state index in [-0.39, 0.29) is 17.9 Å². The zero-order valence-electron chi connectivity index (χ0n) is 13.3. The molecule has 1 aliphatic heterocycles. The van der Waals surface area contributed by atoms with Crippen molar-refractivity contribution >= 4 is 11.8 Å². The Bertz CT molecular complexity index is 361. The molecule has 116 valence electrons. The number of amides is 2. The highest BCUT2D eigenvalue weighted by molar-refractivity contribution is 5.90. The molecule has 0 spiro atoms. The highest BCUT2D eigenvalue weighted by atomic mass is 16.3. The molecule has 0 bridgehead atoms. The lowest BCUT2D eigenvalue weighted by molar-refractivity contribution is -0.147. The highest BCUT2D eigenvalue weighted by Gasteiger charge is 2.39. The molecule has 5 nitrogen and oxygen atoms in total. The van der Waals surface area contributed by atoms with Crippen molar-refractivity contribution < 1.29 is 14.7 Å². The van der Waals surface area contributed by atoms with E-state index in [0.717, 1.165) is 12.8 Å². The van der Waals surface area contributed by atoms with E-state index < -0.39 is 11.5 Å². The first kappa shape index (κ1) is 17.0. The van der Waals surface area contributed by atoms with Crippen LogP contribution in [0.2, 0.25) is 0 Å². The van der Waals surface area contributed by atoms with Crippen molar-refractivity contribution in [2.24, 2.45) is 5.41 Å². The molecule has 1 heterocycles. The molecule has 2 amide bonds. The van der Waals surface area contributed by atoms with E-state index in [2.05, 4.69) is 0 Å². The smallest absolute Gasteiger partial charge is 0.245 e. The minimum Gasteiger partial charge on any atom is -0.393 e. The molecule has 1 aliphatic rings. The topological polar surface area (TPSA) is 60.9 Å². The van der Waals surface area contributed by atoms with Crippen molar-refractivity contribution in [1.29, 1.82) is 0 Å². The lowest BCUT2D eigenvalue weighted by Crippen LogP contribution is -2.50. The van der Waals surface area contributed by atoms with Crippen molar-refractivity contribution in [2.75, 3.05) is 20.1 Å². The monoisotopic (exact) mass is 284 g/mol. The summed E-state index contributed by atoms with van der Waals surface area (Å²) in [5.41, 5.74) is -0.457. The molecule has 1 saturated heterocycles. The van der Waals surface area contributed by atoms with Crippen molar-refractivity contribution in [2.45, 2.75) is 59.1 Å². The van der Waals surface area contributed by atoms with Crippen LogP contribution in [0.3, 0.4) is 0 Å². The summed E-state index contributed by atoms with van der Waals surface area (Å²) < 4.78 is 0. The lowest BCUT2D eigenvalue weighted by atomic mass is 9.94. The fraction of sp³-hybridized carbons (Fsp3) is 0.867. The van der Waals surface area contributed by atoms with Gasteiger partial charge in [-0.3, -0.25) is 9.59 Å². The Morgan fingerprint density at radius 3 is 2.50 bits per heavy atom. The van der Waals surface area contributed by atoms with Gasteiger partial charge in [0, 0.05) is 25.6 Å². The predicted octanol–water partition coefficient (Wildman–Crippen LogP) is 1.25. The molecule has 20 heavy (non-hydrogen) atoms. The Morgan fingerprint density at radius 1 is 1.40 bits per heavy atom. The molecule has 0 aliphatic carbocycles. The van der Waals surface area contributed by atoms with Gasteiger partial charge in [0.1, 0.15) is 6.04 Å². The first-order chi connectivity index (χ1) is 9.14. The van der Waals surface area contributed by atoms with Crippen LogP contribution in [0.4, 0.5) is 0 Å². The number of likely N-dealkylation sites (N-methyl/N-ethyl adjacent to an activating group) is 1. The maximum absolute atomic E-state index is 12.5. The SMILES string of the molecule is CC(O)CCN(C)C(=O)C1CCCN1C(=O)C(C)(C)C.